The molecule has 1 amide bonds. The van der Waals surface area contributed by atoms with Crippen molar-refractivity contribution >= 4 is 23.2 Å². The van der Waals surface area contributed by atoms with Crippen LogP contribution in [0.5, 0.6) is 5.75 Å². The lowest BCUT2D eigenvalue weighted by Crippen LogP contribution is -2.15. The lowest BCUT2D eigenvalue weighted by atomic mass is 10.1. The Balaban J connectivity index is 2.75. The summed E-state index contributed by atoms with van der Waals surface area (Å²) in [6.45, 7) is -0.233. The first-order chi connectivity index (χ1) is 8.70. The quantitative estimate of drug-likeness (QED) is 0.648. The van der Waals surface area contributed by atoms with Gasteiger partial charge in [0.25, 0.3) is 5.91 Å². The zero-order chi connectivity index (χ0) is 14.6. The molecule has 0 aromatic heterocycles. The Morgan fingerprint density at radius 2 is 2.00 bits per heavy atom. The van der Waals surface area contributed by atoms with E-state index in [0.717, 1.165) is 0 Å². The van der Waals surface area contributed by atoms with Gasteiger partial charge < -0.3 is 16.2 Å². The summed E-state index contributed by atoms with van der Waals surface area (Å²) >= 11 is 5.81. The van der Waals surface area contributed by atoms with Gasteiger partial charge in [-0.15, -0.1) is 0 Å². The molecule has 1 rings (SSSR count). The Morgan fingerprint density at radius 3 is 2.53 bits per heavy atom. The number of halogens is 4. The Bertz CT molecular complexity index is 478. The Labute approximate surface area is 112 Å². The van der Waals surface area contributed by atoms with E-state index in [4.69, 9.17) is 27.8 Å². The standard InChI is InChI=1S/C11H12ClF3N2O2/c12-8-5-6(16)4-7(10(17)18)9(8)19-3-1-2-11(13,14)15/h4-5H,1-3,16H2,(H2,17,18). The van der Waals surface area contributed by atoms with E-state index in [1.165, 1.54) is 12.1 Å². The predicted molar refractivity (Wildman–Crippen MR) is 65.2 cm³/mol. The minimum atomic E-state index is -4.25. The monoisotopic (exact) mass is 296 g/mol. The highest BCUT2D eigenvalue weighted by atomic mass is 35.5. The van der Waals surface area contributed by atoms with Gasteiger partial charge in [-0.05, 0) is 18.6 Å². The van der Waals surface area contributed by atoms with Crippen LogP contribution >= 0.6 is 11.6 Å². The van der Waals surface area contributed by atoms with E-state index in [-0.39, 0.29) is 35.1 Å². The fourth-order valence-electron chi connectivity index (χ4n) is 1.39. The van der Waals surface area contributed by atoms with Gasteiger partial charge >= 0.3 is 6.18 Å². The van der Waals surface area contributed by atoms with E-state index in [9.17, 15) is 18.0 Å². The van der Waals surface area contributed by atoms with Crippen LogP contribution in [-0.2, 0) is 0 Å². The highest BCUT2D eigenvalue weighted by Gasteiger charge is 2.26. The van der Waals surface area contributed by atoms with Crippen LogP contribution in [0.4, 0.5) is 18.9 Å². The fraction of sp³-hybridized carbons (Fsp3) is 0.364. The van der Waals surface area contributed by atoms with Gasteiger partial charge in [0.1, 0.15) is 0 Å². The van der Waals surface area contributed by atoms with Crippen molar-refractivity contribution in [1.29, 1.82) is 0 Å². The maximum absolute atomic E-state index is 11.9. The Kier molecular flexibility index (Phi) is 4.88. The van der Waals surface area contributed by atoms with E-state index in [1.807, 2.05) is 0 Å². The number of amides is 1. The van der Waals surface area contributed by atoms with Gasteiger partial charge in [-0.2, -0.15) is 13.2 Å². The van der Waals surface area contributed by atoms with Crippen LogP contribution in [-0.4, -0.2) is 18.7 Å². The van der Waals surface area contributed by atoms with Crippen LogP contribution < -0.4 is 16.2 Å². The van der Waals surface area contributed by atoms with Crippen molar-refractivity contribution in [2.75, 3.05) is 12.3 Å². The highest BCUT2D eigenvalue weighted by Crippen LogP contribution is 2.32. The number of hydrogen-bond donors (Lipinski definition) is 2. The first-order valence-electron chi connectivity index (χ1n) is 5.29. The number of nitrogens with two attached hydrogens (primary N) is 2. The maximum atomic E-state index is 11.9. The largest absolute Gasteiger partial charge is 0.491 e. The van der Waals surface area contributed by atoms with E-state index in [2.05, 4.69) is 0 Å². The number of alkyl halides is 3. The molecule has 0 aliphatic heterocycles. The molecule has 0 saturated carbocycles. The SMILES string of the molecule is NC(=O)c1cc(N)cc(Cl)c1OCCCC(F)(F)F. The van der Waals surface area contributed by atoms with Crippen molar-refractivity contribution in [3.8, 4) is 5.75 Å². The molecule has 4 nitrogen and oxygen atoms in total. The first-order valence-corrected chi connectivity index (χ1v) is 5.67. The number of rotatable bonds is 5. The molecule has 1 aromatic carbocycles. The van der Waals surface area contributed by atoms with Crippen LogP contribution in [0.3, 0.4) is 0 Å². The molecule has 0 heterocycles. The van der Waals surface area contributed by atoms with Gasteiger partial charge in [0.05, 0.1) is 17.2 Å². The van der Waals surface area contributed by atoms with Crippen LogP contribution in [0, 0.1) is 0 Å². The maximum Gasteiger partial charge on any atom is 0.389 e. The third-order valence-corrected chi connectivity index (χ3v) is 2.46. The summed E-state index contributed by atoms with van der Waals surface area (Å²) < 4.78 is 40.9. The average Bonchev–Trinajstić information content (AvgIpc) is 2.24. The summed E-state index contributed by atoms with van der Waals surface area (Å²) in [6, 6.07) is 2.58. The second-order valence-electron chi connectivity index (χ2n) is 3.81. The smallest absolute Gasteiger partial charge is 0.389 e. The molecule has 0 saturated heterocycles. The predicted octanol–water partition coefficient (Wildman–Crippen LogP) is 2.74. The number of carbonyl (C=O) groups is 1. The van der Waals surface area contributed by atoms with Crippen molar-refractivity contribution in [1.82, 2.24) is 0 Å². The van der Waals surface area contributed by atoms with Crippen LogP contribution in [0.2, 0.25) is 5.02 Å². The van der Waals surface area contributed by atoms with Gasteiger partial charge in [-0.25, -0.2) is 0 Å². The molecule has 0 fully saturated rings. The molecular formula is C11H12ClF3N2O2. The summed E-state index contributed by atoms with van der Waals surface area (Å²) in [6.07, 6.45) is -5.48. The number of ether oxygens (including phenoxy) is 1. The number of hydrogen-bond acceptors (Lipinski definition) is 3. The number of benzene rings is 1. The van der Waals surface area contributed by atoms with Crippen molar-refractivity contribution in [2.24, 2.45) is 5.73 Å². The van der Waals surface area contributed by atoms with Crippen molar-refractivity contribution in [2.45, 2.75) is 19.0 Å². The molecule has 0 unspecified atom stereocenters. The average molecular weight is 297 g/mol. The summed E-state index contributed by atoms with van der Waals surface area (Å²) in [7, 11) is 0. The molecular weight excluding hydrogens is 285 g/mol. The van der Waals surface area contributed by atoms with Crippen LogP contribution in [0.25, 0.3) is 0 Å². The minimum Gasteiger partial charge on any atom is -0.491 e. The van der Waals surface area contributed by atoms with Crippen molar-refractivity contribution in [3.63, 3.8) is 0 Å². The fourth-order valence-corrected chi connectivity index (χ4v) is 1.67. The normalized spacial score (nSPS) is 11.4. The molecule has 8 heteroatoms. The van der Waals surface area contributed by atoms with Crippen molar-refractivity contribution in [3.05, 3.63) is 22.7 Å². The molecule has 106 valence electrons. The van der Waals surface area contributed by atoms with E-state index < -0.39 is 18.5 Å². The number of primary amides is 1. The lowest BCUT2D eigenvalue weighted by molar-refractivity contribution is -0.136. The van der Waals surface area contributed by atoms with Gasteiger partial charge in [0.2, 0.25) is 0 Å². The Morgan fingerprint density at radius 1 is 1.37 bits per heavy atom. The van der Waals surface area contributed by atoms with Gasteiger partial charge in [-0.1, -0.05) is 11.6 Å². The third-order valence-electron chi connectivity index (χ3n) is 2.18. The number of nitrogen functional groups attached to an aromatic ring is 1. The number of carbonyl (C=O) groups excluding carboxylic acids is 1. The highest BCUT2D eigenvalue weighted by molar-refractivity contribution is 6.33. The molecule has 0 atom stereocenters. The summed E-state index contributed by atoms with van der Waals surface area (Å²) in [5, 5.41) is 0.0285. The number of anilines is 1. The van der Waals surface area contributed by atoms with E-state index in [1.54, 1.807) is 0 Å². The van der Waals surface area contributed by atoms with E-state index >= 15 is 0 Å². The first kappa shape index (κ1) is 15.4. The second-order valence-corrected chi connectivity index (χ2v) is 4.22. The minimum absolute atomic E-state index is 0.0285. The van der Waals surface area contributed by atoms with E-state index in [0.29, 0.717) is 0 Å². The second kappa shape index (κ2) is 6.01. The molecule has 0 aliphatic carbocycles. The van der Waals surface area contributed by atoms with Crippen molar-refractivity contribution < 1.29 is 22.7 Å². The topological polar surface area (TPSA) is 78.3 Å². The lowest BCUT2D eigenvalue weighted by Gasteiger charge is -2.13. The molecule has 19 heavy (non-hydrogen) atoms. The summed E-state index contributed by atoms with van der Waals surface area (Å²) in [5.41, 5.74) is 10.7. The molecule has 4 N–H and O–H groups in total. The molecule has 0 bridgehead atoms. The van der Waals surface area contributed by atoms with Crippen LogP contribution in [0.15, 0.2) is 12.1 Å². The van der Waals surface area contributed by atoms with Gasteiger partial charge in [0.15, 0.2) is 5.75 Å². The Hall–Kier alpha value is -1.63. The van der Waals surface area contributed by atoms with Gasteiger partial charge in [0, 0.05) is 12.1 Å². The zero-order valence-electron chi connectivity index (χ0n) is 9.76. The molecule has 0 radical (unpaired) electrons. The van der Waals surface area contributed by atoms with Gasteiger partial charge in [-0.3, -0.25) is 4.79 Å². The molecule has 0 spiro atoms. The summed E-state index contributed by atoms with van der Waals surface area (Å²) in [5.74, 6) is -0.870. The summed E-state index contributed by atoms with van der Waals surface area (Å²) in [4.78, 5) is 11.2. The molecule has 1 aromatic rings. The molecule has 0 aliphatic rings. The van der Waals surface area contributed by atoms with Crippen LogP contribution in [0.1, 0.15) is 23.2 Å². The zero-order valence-corrected chi connectivity index (χ0v) is 10.5. The third kappa shape index (κ3) is 4.86.